The summed E-state index contributed by atoms with van der Waals surface area (Å²) in [5.74, 6) is -0.265. The number of nitrogens with two attached hydrogens (primary N) is 1. The third kappa shape index (κ3) is 4.76. The fraction of sp³-hybridized carbons (Fsp3) is 0.667. The Morgan fingerprint density at radius 2 is 2.04 bits per heavy atom. The van der Waals surface area contributed by atoms with E-state index in [2.05, 4.69) is 5.32 Å². The van der Waals surface area contributed by atoms with Crippen LogP contribution >= 0.6 is 11.3 Å². The van der Waals surface area contributed by atoms with Gasteiger partial charge in [-0.2, -0.15) is 4.31 Å². The first kappa shape index (κ1) is 18.4. The molecule has 8 heteroatoms. The fourth-order valence-corrected chi connectivity index (χ4v) is 5.48. The Hall–Kier alpha value is -0.960. The van der Waals surface area contributed by atoms with E-state index in [9.17, 15) is 13.2 Å². The molecule has 0 aromatic carbocycles. The zero-order valence-corrected chi connectivity index (χ0v) is 15.1. The summed E-state index contributed by atoms with van der Waals surface area (Å²) >= 11 is 1.29. The topological polar surface area (TPSA) is 92.5 Å². The molecule has 1 amide bonds. The monoisotopic (exact) mass is 359 g/mol. The molecule has 1 aliphatic heterocycles. The molecule has 130 valence electrons. The molecule has 23 heavy (non-hydrogen) atoms. The van der Waals surface area contributed by atoms with Crippen LogP contribution in [0, 0.1) is 5.92 Å². The largest absolute Gasteiger partial charge is 0.355 e. The van der Waals surface area contributed by atoms with Crippen molar-refractivity contribution >= 4 is 27.3 Å². The molecule has 1 aliphatic rings. The van der Waals surface area contributed by atoms with Crippen molar-refractivity contribution in [2.75, 3.05) is 26.2 Å². The van der Waals surface area contributed by atoms with Crippen molar-refractivity contribution in [1.29, 1.82) is 0 Å². The smallest absolute Gasteiger partial charge is 0.252 e. The van der Waals surface area contributed by atoms with Gasteiger partial charge in [0, 0.05) is 37.0 Å². The van der Waals surface area contributed by atoms with Gasteiger partial charge in [0.15, 0.2) is 0 Å². The second-order valence-electron chi connectivity index (χ2n) is 5.86. The van der Waals surface area contributed by atoms with Gasteiger partial charge in [-0.25, -0.2) is 8.42 Å². The molecule has 1 aromatic rings. The first-order valence-electron chi connectivity index (χ1n) is 8.02. The van der Waals surface area contributed by atoms with Crippen molar-refractivity contribution in [2.24, 2.45) is 11.7 Å². The average Bonchev–Trinajstić information content (AvgIpc) is 3.04. The Balaban J connectivity index is 1.91. The number of amides is 1. The Labute approximate surface area is 142 Å². The molecular weight excluding hydrogens is 334 g/mol. The van der Waals surface area contributed by atoms with Crippen LogP contribution in [0.25, 0.3) is 0 Å². The van der Waals surface area contributed by atoms with Gasteiger partial charge >= 0.3 is 0 Å². The summed E-state index contributed by atoms with van der Waals surface area (Å²) in [7, 11) is -3.35. The van der Waals surface area contributed by atoms with E-state index in [-0.39, 0.29) is 11.8 Å². The Bertz CT molecular complexity index is 622. The van der Waals surface area contributed by atoms with E-state index < -0.39 is 10.0 Å². The number of sulfonamides is 1. The lowest BCUT2D eigenvalue weighted by Gasteiger charge is -2.25. The van der Waals surface area contributed by atoms with E-state index in [1.54, 1.807) is 17.3 Å². The zero-order chi connectivity index (χ0) is 16.9. The van der Waals surface area contributed by atoms with E-state index in [1.807, 2.05) is 6.07 Å². The minimum atomic E-state index is -3.35. The molecule has 2 rings (SSSR count). The highest BCUT2D eigenvalue weighted by Gasteiger charge is 2.27. The van der Waals surface area contributed by atoms with Crippen molar-refractivity contribution in [2.45, 2.75) is 36.8 Å². The van der Waals surface area contributed by atoms with Gasteiger partial charge < -0.3 is 11.1 Å². The number of hydrogen-bond acceptors (Lipinski definition) is 5. The van der Waals surface area contributed by atoms with Gasteiger partial charge in [0.2, 0.25) is 5.91 Å². The van der Waals surface area contributed by atoms with E-state index in [4.69, 9.17) is 5.73 Å². The Morgan fingerprint density at radius 1 is 1.35 bits per heavy atom. The molecule has 0 aliphatic carbocycles. The van der Waals surface area contributed by atoms with Crippen LogP contribution in [-0.2, 0) is 21.2 Å². The van der Waals surface area contributed by atoms with E-state index in [1.165, 1.54) is 11.3 Å². The summed E-state index contributed by atoms with van der Waals surface area (Å²) < 4.78 is 27.1. The number of hydrogen-bond donors (Lipinski definition) is 2. The summed E-state index contributed by atoms with van der Waals surface area (Å²) in [5, 5.41) is 2.82. The minimum absolute atomic E-state index is 0.0646. The maximum Gasteiger partial charge on any atom is 0.252 e. The Morgan fingerprint density at radius 3 is 2.70 bits per heavy atom. The van der Waals surface area contributed by atoms with Gasteiger partial charge in [0.05, 0.1) is 0 Å². The maximum atomic E-state index is 12.6. The van der Waals surface area contributed by atoms with Crippen LogP contribution < -0.4 is 11.1 Å². The van der Waals surface area contributed by atoms with Crippen LogP contribution in [0.2, 0.25) is 0 Å². The Kier molecular flexibility index (Phi) is 6.58. The van der Waals surface area contributed by atoms with Gasteiger partial charge in [-0.1, -0.05) is 13.3 Å². The summed E-state index contributed by atoms with van der Waals surface area (Å²) in [5.41, 5.74) is 5.45. The van der Waals surface area contributed by atoms with E-state index >= 15 is 0 Å². The second kappa shape index (κ2) is 8.23. The van der Waals surface area contributed by atoms with Gasteiger partial charge in [0.1, 0.15) is 4.21 Å². The molecule has 1 unspecified atom stereocenters. The summed E-state index contributed by atoms with van der Waals surface area (Å²) in [4.78, 5) is 12.6. The molecular formula is C15H25N3O3S2. The molecule has 1 fully saturated rings. The molecule has 3 N–H and O–H groups in total. The standard InChI is InChI=1S/C15H25N3O3S2/c1-12(11-16)15(19)17-8-7-13-5-6-14(22-13)23(20,21)18-9-3-2-4-10-18/h5-6,12H,2-4,7-11,16H2,1H3,(H,17,19). The van der Waals surface area contributed by atoms with Crippen LogP contribution in [0.15, 0.2) is 16.3 Å². The maximum absolute atomic E-state index is 12.6. The minimum Gasteiger partial charge on any atom is -0.355 e. The highest BCUT2D eigenvalue weighted by molar-refractivity contribution is 7.91. The lowest BCUT2D eigenvalue weighted by molar-refractivity contribution is -0.124. The highest BCUT2D eigenvalue weighted by Crippen LogP contribution is 2.27. The third-order valence-electron chi connectivity index (χ3n) is 4.02. The quantitative estimate of drug-likeness (QED) is 0.764. The summed E-state index contributed by atoms with van der Waals surface area (Å²) in [6, 6.07) is 3.51. The molecule has 0 saturated carbocycles. The van der Waals surface area contributed by atoms with Gasteiger partial charge in [-0.15, -0.1) is 11.3 Å². The fourth-order valence-electron chi connectivity index (χ4n) is 2.45. The predicted octanol–water partition coefficient (Wildman–Crippen LogP) is 1.18. The average molecular weight is 360 g/mol. The molecule has 1 aromatic heterocycles. The first-order chi connectivity index (χ1) is 10.9. The number of piperidine rings is 1. The molecule has 2 heterocycles. The van der Waals surface area contributed by atoms with Crippen molar-refractivity contribution in [3.63, 3.8) is 0 Å². The second-order valence-corrected chi connectivity index (χ2v) is 9.20. The number of carbonyl (C=O) groups is 1. The third-order valence-corrected chi connectivity index (χ3v) is 7.53. The molecule has 0 bridgehead atoms. The molecule has 0 spiro atoms. The van der Waals surface area contributed by atoms with Crippen LogP contribution in [0.3, 0.4) is 0 Å². The van der Waals surface area contributed by atoms with E-state index in [0.717, 1.165) is 24.1 Å². The van der Waals surface area contributed by atoms with Gasteiger partial charge in [0.25, 0.3) is 10.0 Å². The normalized spacial score (nSPS) is 17.8. The van der Waals surface area contributed by atoms with Crippen molar-refractivity contribution in [3.8, 4) is 0 Å². The van der Waals surface area contributed by atoms with Crippen molar-refractivity contribution < 1.29 is 13.2 Å². The van der Waals surface area contributed by atoms with E-state index in [0.29, 0.717) is 36.8 Å². The zero-order valence-electron chi connectivity index (χ0n) is 13.5. The number of rotatable bonds is 7. The molecule has 0 radical (unpaired) electrons. The summed E-state index contributed by atoms with van der Waals surface area (Å²) in [6.07, 6.45) is 3.59. The molecule has 6 nitrogen and oxygen atoms in total. The lowest BCUT2D eigenvalue weighted by atomic mass is 10.1. The molecule has 1 saturated heterocycles. The van der Waals surface area contributed by atoms with Crippen LogP contribution in [0.1, 0.15) is 31.1 Å². The van der Waals surface area contributed by atoms with Gasteiger partial charge in [-0.05, 0) is 31.4 Å². The number of thiophene rings is 1. The van der Waals surface area contributed by atoms with Gasteiger partial charge in [-0.3, -0.25) is 4.79 Å². The summed E-state index contributed by atoms with van der Waals surface area (Å²) in [6.45, 7) is 3.82. The SMILES string of the molecule is CC(CN)C(=O)NCCc1ccc(S(=O)(=O)N2CCCCC2)s1. The molecule has 1 atom stereocenters. The van der Waals surface area contributed by atoms with Crippen molar-refractivity contribution in [3.05, 3.63) is 17.0 Å². The predicted molar refractivity (Wildman–Crippen MR) is 91.9 cm³/mol. The number of nitrogens with zero attached hydrogens (tertiary/aromatic N) is 1. The number of nitrogens with one attached hydrogen (secondary N) is 1. The first-order valence-corrected chi connectivity index (χ1v) is 10.3. The number of carbonyl (C=O) groups excluding carboxylic acids is 1. The highest BCUT2D eigenvalue weighted by atomic mass is 32.2. The van der Waals surface area contributed by atoms with Crippen molar-refractivity contribution in [1.82, 2.24) is 9.62 Å². The lowest BCUT2D eigenvalue weighted by Crippen LogP contribution is -2.35. The van der Waals surface area contributed by atoms with Crippen LogP contribution in [0.4, 0.5) is 0 Å². The van der Waals surface area contributed by atoms with Crippen LogP contribution in [0.5, 0.6) is 0 Å². The van der Waals surface area contributed by atoms with Crippen LogP contribution in [-0.4, -0.2) is 44.8 Å².